The van der Waals surface area contributed by atoms with Gasteiger partial charge in [0.2, 0.25) is 6.79 Å². The Morgan fingerprint density at radius 3 is 2.25 bits per heavy atom. The summed E-state index contributed by atoms with van der Waals surface area (Å²) in [6.07, 6.45) is 4.35. The number of carbonyl (C=O) groups is 3. The molecule has 2 heterocycles. The molecule has 4 rings (SSSR count). The van der Waals surface area contributed by atoms with Gasteiger partial charge in [-0.3, -0.25) is 9.59 Å². The first-order valence-electron chi connectivity index (χ1n) is 14.8. The monoisotopic (exact) mass is 604 g/mol. The second-order valence-electron chi connectivity index (χ2n) is 10.8. The van der Waals surface area contributed by atoms with E-state index in [4.69, 9.17) is 23.7 Å². The highest BCUT2D eigenvalue weighted by Crippen LogP contribution is 2.31. The van der Waals surface area contributed by atoms with E-state index < -0.39 is 36.8 Å². The number of ether oxygens (including phenoxy) is 5. The van der Waals surface area contributed by atoms with Gasteiger partial charge < -0.3 is 29.0 Å². The minimum atomic E-state index is -1.08. The first-order valence-corrected chi connectivity index (χ1v) is 14.8. The molecule has 0 unspecified atom stereocenters. The highest BCUT2D eigenvalue weighted by Gasteiger charge is 2.35. The number of benzene rings is 2. The van der Waals surface area contributed by atoms with E-state index in [1.807, 2.05) is 43.3 Å². The van der Waals surface area contributed by atoms with Gasteiger partial charge in [-0.1, -0.05) is 60.7 Å². The second-order valence-corrected chi connectivity index (χ2v) is 10.8. The van der Waals surface area contributed by atoms with Crippen LogP contribution >= 0.6 is 0 Å². The van der Waals surface area contributed by atoms with Crippen LogP contribution in [0.3, 0.4) is 0 Å². The van der Waals surface area contributed by atoms with Gasteiger partial charge in [0.15, 0.2) is 23.2 Å². The first kappa shape index (κ1) is 32.5. The molecule has 1 N–H and O–H groups in total. The summed E-state index contributed by atoms with van der Waals surface area (Å²) >= 11 is 0. The van der Waals surface area contributed by atoms with E-state index in [1.54, 1.807) is 0 Å². The molecule has 1 fully saturated rings. The van der Waals surface area contributed by atoms with Crippen molar-refractivity contribution in [2.45, 2.75) is 51.7 Å². The Bertz CT molecular complexity index is 1370. The quantitative estimate of drug-likeness (QED) is 0.234. The fourth-order valence-electron chi connectivity index (χ4n) is 5.40. The van der Waals surface area contributed by atoms with E-state index in [9.17, 15) is 14.4 Å². The molecular weight excluding hydrogens is 564 g/mol. The van der Waals surface area contributed by atoms with E-state index in [-0.39, 0.29) is 35.6 Å². The maximum absolute atomic E-state index is 13.4. The number of hydrogen-bond acceptors (Lipinski definition) is 9. The Labute approximate surface area is 258 Å². The van der Waals surface area contributed by atoms with Gasteiger partial charge in [-0.15, -0.1) is 0 Å². The predicted octanol–water partition coefficient (Wildman–Crippen LogP) is 4.55. The van der Waals surface area contributed by atoms with Crippen LogP contribution in [0.1, 0.15) is 48.3 Å². The number of nitrogens with one attached hydrogen (secondary N) is 1. The smallest absolute Gasteiger partial charge is 0.331 e. The van der Waals surface area contributed by atoms with E-state index in [2.05, 4.69) is 34.6 Å². The largest absolute Gasteiger partial charge is 0.493 e. The van der Waals surface area contributed by atoms with Crippen molar-refractivity contribution in [1.82, 2.24) is 10.3 Å². The predicted molar refractivity (Wildman–Crippen MR) is 162 cm³/mol. The lowest BCUT2D eigenvalue weighted by Gasteiger charge is -2.31. The molecule has 1 aromatic heterocycles. The van der Waals surface area contributed by atoms with E-state index in [0.29, 0.717) is 6.61 Å². The van der Waals surface area contributed by atoms with Crippen molar-refractivity contribution in [3.63, 3.8) is 0 Å². The molecule has 0 radical (unpaired) electrons. The molecule has 1 saturated heterocycles. The number of cyclic esters (lactones) is 1. The van der Waals surface area contributed by atoms with Crippen LogP contribution in [-0.2, 0) is 36.6 Å². The summed E-state index contributed by atoms with van der Waals surface area (Å²) in [5.41, 5.74) is 2.32. The normalized spacial score (nSPS) is 20.3. The topological polar surface area (TPSA) is 122 Å². The summed E-state index contributed by atoms with van der Waals surface area (Å²) < 4.78 is 27.8. The average molecular weight is 605 g/mol. The van der Waals surface area contributed by atoms with Crippen LogP contribution < -0.4 is 14.8 Å². The van der Waals surface area contributed by atoms with Crippen LogP contribution in [-0.4, -0.2) is 62.1 Å². The van der Waals surface area contributed by atoms with Gasteiger partial charge in [-0.2, -0.15) is 0 Å². The summed E-state index contributed by atoms with van der Waals surface area (Å²) in [4.78, 5) is 42.1. The highest BCUT2D eigenvalue weighted by atomic mass is 16.7. The summed E-state index contributed by atoms with van der Waals surface area (Å²) in [6, 6.07) is 21.0. The third kappa shape index (κ3) is 9.28. The molecule has 4 atom stereocenters. The van der Waals surface area contributed by atoms with Crippen LogP contribution in [0.15, 0.2) is 72.9 Å². The number of carbonyl (C=O) groups excluding carboxylic acids is 3. The van der Waals surface area contributed by atoms with Crippen molar-refractivity contribution in [1.29, 1.82) is 0 Å². The van der Waals surface area contributed by atoms with Crippen LogP contribution in [0.25, 0.3) is 0 Å². The van der Waals surface area contributed by atoms with Gasteiger partial charge in [-0.25, -0.2) is 9.78 Å². The molecule has 10 heteroatoms. The van der Waals surface area contributed by atoms with Crippen molar-refractivity contribution in [2.24, 2.45) is 11.8 Å². The van der Waals surface area contributed by atoms with Gasteiger partial charge in [0.25, 0.3) is 5.91 Å². The second kappa shape index (κ2) is 16.4. The van der Waals surface area contributed by atoms with Gasteiger partial charge in [0, 0.05) is 31.7 Å². The summed E-state index contributed by atoms with van der Waals surface area (Å²) in [6.45, 7) is 3.04. The Balaban J connectivity index is 1.50. The zero-order valence-corrected chi connectivity index (χ0v) is 25.4. The van der Waals surface area contributed by atoms with E-state index >= 15 is 0 Å². The Morgan fingerprint density at radius 1 is 0.955 bits per heavy atom. The third-order valence-corrected chi connectivity index (χ3v) is 7.74. The Hall–Kier alpha value is -4.44. The van der Waals surface area contributed by atoms with Crippen LogP contribution in [0, 0.1) is 11.8 Å². The first-order chi connectivity index (χ1) is 21.4. The van der Waals surface area contributed by atoms with Crippen LogP contribution in [0.4, 0.5) is 0 Å². The molecule has 3 aromatic rings. The number of aryl methyl sites for hydroxylation is 2. The third-order valence-electron chi connectivity index (χ3n) is 7.74. The number of aromatic nitrogens is 1. The van der Waals surface area contributed by atoms with Crippen molar-refractivity contribution >= 4 is 17.8 Å². The molecule has 0 aliphatic carbocycles. The summed E-state index contributed by atoms with van der Waals surface area (Å²) in [7, 11) is 1.41. The maximum Gasteiger partial charge on any atom is 0.331 e. The van der Waals surface area contributed by atoms with Crippen LogP contribution in [0.2, 0.25) is 0 Å². The fourth-order valence-corrected chi connectivity index (χ4v) is 5.40. The number of nitrogens with zero attached hydrogens (tertiary/aromatic N) is 1. The Kier molecular flexibility index (Phi) is 12.1. The number of hydrogen-bond donors (Lipinski definition) is 1. The van der Waals surface area contributed by atoms with Gasteiger partial charge in [-0.05, 0) is 49.7 Å². The molecular formula is C34H40N2O8. The molecule has 44 heavy (non-hydrogen) atoms. The minimum Gasteiger partial charge on any atom is -0.493 e. The molecule has 10 nitrogen and oxygen atoms in total. The summed E-state index contributed by atoms with van der Waals surface area (Å²) in [5, 5.41) is 2.69. The average Bonchev–Trinajstić information content (AvgIpc) is 3.08. The number of esters is 2. The molecule has 0 saturated carbocycles. The summed E-state index contributed by atoms with van der Waals surface area (Å²) in [5.74, 6) is -1.49. The standard InChI is InChI=1S/C34H40N2O8/c1-23-28(17-15-26-12-8-5-9-13-26)27(16-14-25-10-6-4-7-11-25)20-41-21-29(34(39)44-23)36-33(38)31-32(43-22-42-24(2)37)30(40-3)18-19-35-31/h4-13,18-19,23,27-29H,14-17,20-22H2,1-3H3,(H,36,38)/t23-,27-,28-,29-/m0/s1. The molecule has 1 aliphatic heterocycles. The van der Waals surface area contributed by atoms with Crippen molar-refractivity contribution in [3.05, 3.63) is 89.7 Å². The molecule has 234 valence electrons. The maximum atomic E-state index is 13.4. The van der Waals surface area contributed by atoms with Crippen molar-refractivity contribution < 1.29 is 38.1 Å². The van der Waals surface area contributed by atoms with Gasteiger partial charge >= 0.3 is 11.9 Å². The van der Waals surface area contributed by atoms with Crippen molar-refractivity contribution in [2.75, 3.05) is 27.1 Å². The molecule has 2 aromatic carbocycles. The van der Waals surface area contributed by atoms with Crippen molar-refractivity contribution in [3.8, 4) is 11.5 Å². The number of rotatable bonds is 12. The fraction of sp³-hybridized carbons (Fsp3) is 0.412. The van der Waals surface area contributed by atoms with Crippen LogP contribution in [0.5, 0.6) is 11.5 Å². The number of methoxy groups -OCH3 is 1. The molecule has 0 spiro atoms. The molecule has 0 bridgehead atoms. The Morgan fingerprint density at radius 2 is 1.61 bits per heavy atom. The SMILES string of the molecule is COc1ccnc(C(=O)N[C@H]2COC[C@H](CCc3ccccc3)[C@@H](CCc3ccccc3)[C@H](C)OC2=O)c1OCOC(C)=O. The van der Waals surface area contributed by atoms with Gasteiger partial charge in [0.05, 0.1) is 13.7 Å². The number of pyridine rings is 1. The molecule has 1 aliphatic rings. The lowest BCUT2D eigenvalue weighted by atomic mass is 9.80. The van der Waals surface area contributed by atoms with Gasteiger partial charge in [0.1, 0.15) is 6.10 Å². The van der Waals surface area contributed by atoms with E-state index in [1.165, 1.54) is 37.4 Å². The highest BCUT2D eigenvalue weighted by molar-refractivity contribution is 5.98. The zero-order chi connectivity index (χ0) is 31.3. The lowest BCUT2D eigenvalue weighted by Crippen LogP contribution is -2.46. The lowest BCUT2D eigenvalue weighted by molar-refractivity contribution is -0.154. The number of amides is 1. The zero-order valence-electron chi connectivity index (χ0n) is 25.4. The van der Waals surface area contributed by atoms with E-state index in [0.717, 1.165) is 25.7 Å². The minimum absolute atomic E-state index is 0.0265. The molecule has 1 amide bonds.